The van der Waals surface area contributed by atoms with E-state index in [0.717, 1.165) is 32.7 Å². The van der Waals surface area contributed by atoms with E-state index in [9.17, 15) is 0 Å². The Bertz CT molecular complexity index is 136. The van der Waals surface area contributed by atoms with Gasteiger partial charge in [-0.05, 0) is 13.3 Å². The van der Waals surface area contributed by atoms with Crippen molar-refractivity contribution in [3.63, 3.8) is 0 Å². The molecule has 0 aromatic carbocycles. The number of rotatable bonds is 3. The largest absolute Gasteiger partial charge is 0.396 e. The number of morpholine rings is 1. The minimum absolute atomic E-state index is 0.297. The highest BCUT2D eigenvalue weighted by Gasteiger charge is 2.15. The zero-order chi connectivity index (χ0) is 10.1. The molecule has 0 aliphatic carbocycles. The van der Waals surface area contributed by atoms with Gasteiger partial charge < -0.3 is 9.84 Å². The summed E-state index contributed by atoms with van der Waals surface area (Å²) in [6.45, 7) is 6.26. The zero-order valence-corrected chi connectivity index (χ0v) is 8.28. The summed E-state index contributed by atoms with van der Waals surface area (Å²) in [5.41, 5.74) is 0. The molecule has 3 heteroatoms. The van der Waals surface area contributed by atoms with Crippen LogP contribution in [0.3, 0.4) is 0 Å². The lowest BCUT2D eigenvalue weighted by molar-refractivity contribution is -0.0195. The second-order valence-corrected chi connectivity index (χ2v) is 3.06. The highest BCUT2D eigenvalue weighted by Crippen LogP contribution is 2.03. The maximum absolute atomic E-state index is 8.60. The lowest BCUT2D eigenvalue weighted by Gasteiger charge is -2.30. The Kier molecular flexibility index (Phi) is 7.71. The van der Waals surface area contributed by atoms with Gasteiger partial charge in [-0.15, -0.1) is 12.8 Å². The first-order chi connectivity index (χ1) is 6.33. The van der Waals surface area contributed by atoms with Crippen LogP contribution in [0.5, 0.6) is 0 Å². The zero-order valence-electron chi connectivity index (χ0n) is 8.28. The van der Waals surface area contributed by atoms with Gasteiger partial charge in [0.15, 0.2) is 0 Å². The van der Waals surface area contributed by atoms with Crippen molar-refractivity contribution >= 4 is 0 Å². The van der Waals surface area contributed by atoms with E-state index < -0.39 is 0 Å². The monoisotopic (exact) mass is 185 g/mol. The number of nitrogens with zero attached hydrogens (tertiary/aromatic N) is 1. The minimum atomic E-state index is 0.297. The Morgan fingerprint density at radius 2 is 2.23 bits per heavy atom. The molecule has 1 aliphatic rings. The molecule has 0 radical (unpaired) electrons. The minimum Gasteiger partial charge on any atom is -0.396 e. The molecule has 1 saturated heterocycles. The van der Waals surface area contributed by atoms with E-state index in [2.05, 4.69) is 24.7 Å². The molecule has 13 heavy (non-hydrogen) atoms. The van der Waals surface area contributed by atoms with Crippen molar-refractivity contribution in [3.05, 3.63) is 0 Å². The molecule has 0 amide bonds. The van der Waals surface area contributed by atoms with Crippen LogP contribution in [0.1, 0.15) is 13.3 Å². The topological polar surface area (TPSA) is 32.7 Å². The highest BCUT2D eigenvalue weighted by molar-refractivity contribution is 4.67. The molecule has 1 rings (SSSR count). The molecule has 1 heterocycles. The van der Waals surface area contributed by atoms with Crippen molar-refractivity contribution in [2.75, 3.05) is 32.8 Å². The molecule has 1 aliphatic heterocycles. The molecular formula is C10H19NO2. The summed E-state index contributed by atoms with van der Waals surface area (Å²) in [5, 5.41) is 8.60. The first-order valence-electron chi connectivity index (χ1n) is 4.61. The number of hydrogen-bond acceptors (Lipinski definition) is 3. The number of hydrogen-bond donors (Lipinski definition) is 1. The predicted octanol–water partition coefficient (Wildman–Crippen LogP) is 0.339. The van der Waals surface area contributed by atoms with Gasteiger partial charge in [-0.3, -0.25) is 4.90 Å². The normalized spacial score (nSPS) is 23.2. The van der Waals surface area contributed by atoms with E-state index in [1.807, 2.05) is 0 Å². The molecule has 0 spiro atoms. The molecular weight excluding hydrogens is 166 g/mol. The SMILES string of the molecule is C#C.C[C@@H]1CN(CCCO)CCO1. The van der Waals surface area contributed by atoms with Gasteiger partial charge in [-0.1, -0.05) is 0 Å². The van der Waals surface area contributed by atoms with Gasteiger partial charge >= 0.3 is 0 Å². The first-order valence-corrected chi connectivity index (χ1v) is 4.61. The van der Waals surface area contributed by atoms with E-state index >= 15 is 0 Å². The number of aliphatic hydroxyl groups excluding tert-OH is 1. The fourth-order valence-corrected chi connectivity index (χ4v) is 1.39. The summed E-state index contributed by atoms with van der Waals surface area (Å²) in [4.78, 5) is 2.34. The lowest BCUT2D eigenvalue weighted by Crippen LogP contribution is -2.41. The van der Waals surface area contributed by atoms with Crippen molar-refractivity contribution in [1.82, 2.24) is 4.90 Å². The van der Waals surface area contributed by atoms with Crippen LogP contribution in [-0.2, 0) is 4.74 Å². The molecule has 3 nitrogen and oxygen atoms in total. The van der Waals surface area contributed by atoms with E-state index in [1.165, 1.54) is 0 Å². The standard InChI is InChI=1S/C8H17NO2.C2H2/c1-8-7-9(3-2-5-10)4-6-11-8;1-2/h8,10H,2-7H2,1H3;1-2H/t8-;/m1./s1. The summed E-state index contributed by atoms with van der Waals surface area (Å²) < 4.78 is 5.38. The summed E-state index contributed by atoms with van der Waals surface area (Å²) in [6.07, 6.45) is 9.25. The summed E-state index contributed by atoms with van der Waals surface area (Å²) >= 11 is 0. The van der Waals surface area contributed by atoms with Crippen LogP contribution in [0.2, 0.25) is 0 Å². The van der Waals surface area contributed by atoms with Crippen LogP contribution >= 0.6 is 0 Å². The van der Waals surface area contributed by atoms with Gasteiger partial charge in [0.1, 0.15) is 0 Å². The van der Waals surface area contributed by atoms with E-state index in [-0.39, 0.29) is 0 Å². The van der Waals surface area contributed by atoms with Crippen LogP contribution in [0.25, 0.3) is 0 Å². The van der Waals surface area contributed by atoms with E-state index in [0.29, 0.717) is 12.7 Å². The van der Waals surface area contributed by atoms with Crippen LogP contribution in [-0.4, -0.2) is 49.0 Å². The van der Waals surface area contributed by atoms with Crippen LogP contribution in [0, 0.1) is 12.8 Å². The second-order valence-electron chi connectivity index (χ2n) is 3.06. The third-order valence-electron chi connectivity index (χ3n) is 1.96. The van der Waals surface area contributed by atoms with Gasteiger partial charge in [0, 0.05) is 26.2 Å². The third kappa shape index (κ3) is 5.64. The summed E-state index contributed by atoms with van der Waals surface area (Å²) in [6, 6.07) is 0. The number of ether oxygens (including phenoxy) is 1. The van der Waals surface area contributed by atoms with Crippen LogP contribution in [0.15, 0.2) is 0 Å². The number of terminal acetylenes is 1. The highest BCUT2D eigenvalue weighted by atomic mass is 16.5. The molecule has 0 unspecified atom stereocenters. The molecule has 0 aromatic rings. The number of aliphatic hydroxyl groups is 1. The van der Waals surface area contributed by atoms with Crippen molar-refractivity contribution in [3.8, 4) is 12.8 Å². The van der Waals surface area contributed by atoms with Crippen molar-refractivity contribution in [2.24, 2.45) is 0 Å². The molecule has 76 valence electrons. The maximum atomic E-state index is 8.60. The van der Waals surface area contributed by atoms with Gasteiger partial charge in [0.2, 0.25) is 0 Å². The maximum Gasteiger partial charge on any atom is 0.0674 e. The predicted molar refractivity (Wildman–Crippen MR) is 53.4 cm³/mol. The fourth-order valence-electron chi connectivity index (χ4n) is 1.39. The first kappa shape index (κ1) is 12.4. The Morgan fingerprint density at radius 3 is 2.77 bits per heavy atom. The van der Waals surface area contributed by atoms with Crippen LogP contribution < -0.4 is 0 Å². The fraction of sp³-hybridized carbons (Fsp3) is 0.800. The Hall–Kier alpha value is -0.560. The second kappa shape index (κ2) is 8.06. The molecule has 1 N–H and O–H groups in total. The summed E-state index contributed by atoms with van der Waals surface area (Å²) in [7, 11) is 0. The molecule has 1 atom stereocenters. The quantitative estimate of drug-likeness (QED) is 0.644. The molecule has 0 bridgehead atoms. The molecule has 1 fully saturated rings. The average molecular weight is 185 g/mol. The van der Waals surface area contributed by atoms with Gasteiger partial charge in [0.25, 0.3) is 0 Å². The third-order valence-corrected chi connectivity index (χ3v) is 1.96. The van der Waals surface area contributed by atoms with Gasteiger partial charge in [-0.25, -0.2) is 0 Å². The lowest BCUT2D eigenvalue weighted by atomic mass is 10.3. The molecule has 0 saturated carbocycles. The van der Waals surface area contributed by atoms with E-state index in [4.69, 9.17) is 9.84 Å². The van der Waals surface area contributed by atoms with Crippen molar-refractivity contribution in [2.45, 2.75) is 19.4 Å². The molecule has 0 aromatic heterocycles. The van der Waals surface area contributed by atoms with E-state index in [1.54, 1.807) is 0 Å². The smallest absolute Gasteiger partial charge is 0.0674 e. The Balaban J connectivity index is 0.000000671. The van der Waals surface area contributed by atoms with Gasteiger partial charge in [0.05, 0.1) is 12.7 Å². The van der Waals surface area contributed by atoms with Crippen LogP contribution in [0.4, 0.5) is 0 Å². The Morgan fingerprint density at radius 1 is 1.54 bits per heavy atom. The van der Waals surface area contributed by atoms with Crippen molar-refractivity contribution in [1.29, 1.82) is 0 Å². The Labute approximate surface area is 80.7 Å². The van der Waals surface area contributed by atoms with Crippen molar-refractivity contribution < 1.29 is 9.84 Å². The van der Waals surface area contributed by atoms with Gasteiger partial charge in [-0.2, -0.15) is 0 Å². The summed E-state index contributed by atoms with van der Waals surface area (Å²) in [5.74, 6) is 0. The average Bonchev–Trinajstić information content (AvgIpc) is 2.18.